The number of nitrogens with zero attached hydrogens (tertiary/aromatic N) is 2. The summed E-state index contributed by atoms with van der Waals surface area (Å²) in [4.78, 5) is 14.9. The Labute approximate surface area is 162 Å². The lowest BCUT2D eigenvalue weighted by atomic mass is 10.1. The topological polar surface area (TPSA) is 74.0 Å². The first-order chi connectivity index (χ1) is 13.0. The van der Waals surface area contributed by atoms with E-state index in [0.717, 1.165) is 22.6 Å². The number of methoxy groups -OCH3 is 3. The minimum Gasteiger partial charge on any atom is -0.496 e. The minimum atomic E-state index is -0.146. The molecule has 0 spiro atoms. The fourth-order valence-electron chi connectivity index (χ4n) is 3.24. The van der Waals surface area contributed by atoms with Crippen molar-refractivity contribution in [3.63, 3.8) is 0 Å². The van der Waals surface area contributed by atoms with Gasteiger partial charge in [-0.2, -0.15) is 0 Å². The number of carbonyl (C=O) groups is 1. The van der Waals surface area contributed by atoms with Crippen LogP contribution in [0.15, 0.2) is 16.7 Å². The van der Waals surface area contributed by atoms with Gasteiger partial charge < -0.3 is 23.6 Å². The van der Waals surface area contributed by atoms with E-state index in [4.69, 9.17) is 18.7 Å². The van der Waals surface area contributed by atoms with Crippen molar-refractivity contribution in [1.29, 1.82) is 0 Å². The monoisotopic (exact) mass is 392 g/mol. The molecule has 1 fully saturated rings. The molecule has 1 aliphatic heterocycles. The van der Waals surface area contributed by atoms with Gasteiger partial charge in [0.2, 0.25) is 5.91 Å². The van der Waals surface area contributed by atoms with Crippen LogP contribution >= 0.6 is 11.8 Å². The number of hydrogen-bond acceptors (Lipinski definition) is 7. The van der Waals surface area contributed by atoms with Crippen molar-refractivity contribution in [1.82, 2.24) is 10.1 Å². The van der Waals surface area contributed by atoms with E-state index in [1.165, 1.54) is 0 Å². The van der Waals surface area contributed by atoms with Gasteiger partial charge in [-0.05, 0) is 19.9 Å². The predicted molar refractivity (Wildman–Crippen MR) is 103 cm³/mol. The Morgan fingerprint density at radius 3 is 2.44 bits per heavy atom. The first-order valence-corrected chi connectivity index (χ1v) is 9.67. The van der Waals surface area contributed by atoms with Crippen LogP contribution in [-0.2, 0) is 11.2 Å². The second-order valence-corrected chi connectivity index (χ2v) is 7.43. The van der Waals surface area contributed by atoms with Crippen molar-refractivity contribution in [2.24, 2.45) is 0 Å². The predicted octanol–water partition coefficient (Wildman–Crippen LogP) is 3.13. The molecule has 0 bridgehead atoms. The number of aromatic nitrogens is 1. The van der Waals surface area contributed by atoms with Crippen molar-refractivity contribution >= 4 is 17.7 Å². The molecule has 8 heteroatoms. The fraction of sp³-hybridized carbons (Fsp3) is 0.474. The Balaban J connectivity index is 1.91. The zero-order chi connectivity index (χ0) is 19.6. The number of rotatable bonds is 6. The maximum atomic E-state index is 13.0. The molecule has 0 aliphatic carbocycles. The van der Waals surface area contributed by atoms with Crippen LogP contribution in [0.4, 0.5) is 0 Å². The highest BCUT2D eigenvalue weighted by molar-refractivity contribution is 7.99. The summed E-state index contributed by atoms with van der Waals surface area (Å²) in [6.45, 7) is 4.36. The van der Waals surface area contributed by atoms with Crippen LogP contribution in [0.2, 0.25) is 0 Å². The van der Waals surface area contributed by atoms with Crippen molar-refractivity contribution in [3.8, 4) is 17.2 Å². The normalized spacial score (nSPS) is 16.5. The first-order valence-electron chi connectivity index (χ1n) is 8.62. The van der Waals surface area contributed by atoms with E-state index in [-0.39, 0.29) is 17.7 Å². The number of thioether (sulfide) groups is 1. The van der Waals surface area contributed by atoms with Crippen molar-refractivity contribution in [2.45, 2.75) is 25.6 Å². The number of aryl methyl sites for hydroxylation is 2. The zero-order valence-electron chi connectivity index (χ0n) is 16.2. The molecule has 1 atom stereocenters. The van der Waals surface area contributed by atoms with Gasteiger partial charge in [0.05, 0.1) is 33.4 Å². The smallest absolute Gasteiger partial charge is 0.228 e. The fourth-order valence-corrected chi connectivity index (χ4v) is 4.53. The zero-order valence-corrected chi connectivity index (χ0v) is 17.0. The van der Waals surface area contributed by atoms with Crippen molar-refractivity contribution in [2.75, 3.05) is 33.6 Å². The van der Waals surface area contributed by atoms with Crippen molar-refractivity contribution < 1.29 is 23.5 Å². The van der Waals surface area contributed by atoms with Crippen LogP contribution < -0.4 is 14.2 Å². The summed E-state index contributed by atoms with van der Waals surface area (Å²) in [6, 6.07) is 3.68. The number of hydrogen-bond donors (Lipinski definition) is 0. The summed E-state index contributed by atoms with van der Waals surface area (Å²) in [5.74, 6) is 3.45. The van der Waals surface area contributed by atoms with Gasteiger partial charge in [-0.25, -0.2) is 0 Å². The van der Waals surface area contributed by atoms with Gasteiger partial charge in [0.25, 0.3) is 0 Å². The average molecular weight is 392 g/mol. The molecule has 1 unspecified atom stereocenters. The highest BCUT2D eigenvalue weighted by atomic mass is 32.2. The summed E-state index contributed by atoms with van der Waals surface area (Å²) in [7, 11) is 4.79. The molecule has 0 N–H and O–H groups in total. The quantitative estimate of drug-likeness (QED) is 0.748. The van der Waals surface area contributed by atoms with Gasteiger partial charge in [0.15, 0.2) is 11.5 Å². The molecule has 0 saturated carbocycles. The maximum Gasteiger partial charge on any atom is 0.228 e. The van der Waals surface area contributed by atoms with E-state index in [0.29, 0.717) is 29.6 Å². The SMILES string of the molecule is COc1cc(OC)c(C2SCCN2C(=O)Cc2c(C)noc2C)cc1OC. The van der Waals surface area contributed by atoms with Crippen LogP contribution in [0.1, 0.15) is 28.0 Å². The Bertz CT molecular complexity index is 816. The third-order valence-electron chi connectivity index (χ3n) is 4.72. The molecule has 1 amide bonds. The Morgan fingerprint density at radius 1 is 1.19 bits per heavy atom. The second kappa shape index (κ2) is 8.12. The first kappa shape index (κ1) is 19.4. The summed E-state index contributed by atoms with van der Waals surface area (Å²) in [6.07, 6.45) is 0.272. The molecular weight excluding hydrogens is 368 g/mol. The van der Waals surface area contributed by atoms with E-state index in [1.807, 2.05) is 24.8 Å². The molecule has 2 heterocycles. The summed E-state index contributed by atoms with van der Waals surface area (Å²) in [5.41, 5.74) is 2.51. The maximum absolute atomic E-state index is 13.0. The van der Waals surface area contributed by atoms with Crippen LogP contribution in [0.5, 0.6) is 17.2 Å². The third kappa shape index (κ3) is 3.71. The molecule has 1 saturated heterocycles. The van der Waals surface area contributed by atoms with E-state index in [9.17, 15) is 4.79 Å². The standard InChI is InChI=1S/C19H24N2O5S/c1-11-13(12(2)26-20-11)9-18(22)21-6-7-27-19(21)14-8-16(24-4)17(25-5)10-15(14)23-3/h8,10,19H,6-7,9H2,1-5H3. The average Bonchev–Trinajstić information content (AvgIpc) is 3.29. The summed E-state index contributed by atoms with van der Waals surface area (Å²) in [5, 5.41) is 3.80. The van der Waals surface area contributed by atoms with Gasteiger partial charge in [0.1, 0.15) is 16.9 Å². The summed E-state index contributed by atoms with van der Waals surface area (Å²) < 4.78 is 21.5. The molecule has 1 aliphatic rings. The number of ether oxygens (including phenoxy) is 3. The number of benzene rings is 1. The molecule has 27 heavy (non-hydrogen) atoms. The van der Waals surface area contributed by atoms with Crippen LogP contribution in [0, 0.1) is 13.8 Å². The molecule has 1 aromatic heterocycles. The number of amides is 1. The lowest BCUT2D eigenvalue weighted by Crippen LogP contribution is -2.32. The van der Waals surface area contributed by atoms with Gasteiger partial charge in [-0.3, -0.25) is 4.79 Å². The Kier molecular flexibility index (Phi) is 5.84. The second-order valence-electron chi connectivity index (χ2n) is 6.24. The molecule has 146 valence electrons. The lowest BCUT2D eigenvalue weighted by molar-refractivity contribution is -0.130. The largest absolute Gasteiger partial charge is 0.496 e. The van der Waals surface area contributed by atoms with Crippen LogP contribution in [-0.4, -0.2) is 49.6 Å². The van der Waals surface area contributed by atoms with Gasteiger partial charge in [-0.15, -0.1) is 11.8 Å². The molecule has 2 aromatic rings. The van der Waals surface area contributed by atoms with E-state index in [1.54, 1.807) is 39.2 Å². The molecule has 1 aromatic carbocycles. The molecular formula is C19H24N2O5S. The highest BCUT2D eigenvalue weighted by Gasteiger charge is 2.34. The van der Waals surface area contributed by atoms with E-state index in [2.05, 4.69) is 5.16 Å². The molecule has 0 radical (unpaired) electrons. The van der Waals surface area contributed by atoms with Gasteiger partial charge in [0, 0.05) is 29.5 Å². The molecule has 7 nitrogen and oxygen atoms in total. The minimum absolute atomic E-state index is 0.0382. The third-order valence-corrected chi connectivity index (χ3v) is 5.96. The Morgan fingerprint density at radius 2 is 1.85 bits per heavy atom. The van der Waals surface area contributed by atoms with Crippen LogP contribution in [0.25, 0.3) is 0 Å². The van der Waals surface area contributed by atoms with Crippen LogP contribution in [0.3, 0.4) is 0 Å². The van der Waals surface area contributed by atoms with E-state index >= 15 is 0 Å². The summed E-state index contributed by atoms with van der Waals surface area (Å²) >= 11 is 1.70. The molecule has 3 rings (SSSR count). The van der Waals surface area contributed by atoms with Gasteiger partial charge in [-0.1, -0.05) is 5.16 Å². The lowest BCUT2D eigenvalue weighted by Gasteiger charge is -2.26. The Hall–Kier alpha value is -2.35. The van der Waals surface area contributed by atoms with E-state index < -0.39 is 0 Å². The highest BCUT2D eigenvalue weighted by Crippen LogP contribution is 2.46. The number of carbonyl (C=O) groups excluding carboxylic acids is 1. The van der Waals surface area contributed by atoms with Crippen molar-refractivity contribution in [3.05, 3.63) is 34.7 Å². The van der Waals surface area contributed by atoms with Gasteiger partial charge >= 0.3 is 0 Å².